The summed E-state index contributed by atoms with van der Waals surface area (Å²) in [6.45, 7) is 0.0507. The van der Waals surface area contributed by atoms with Crippen LogP contribution in [0.15, 0.2) is 34.8 Å². The number of aromatic nitrogens is 1. The van der Waals surface area contributed by atoms with Crippen LogP contribution < -0.4 is 10.5 Å². The molecule has 0 aliphatic rings. The van der Waals surface area contributed by atoms with Crippen LogP contribution in [0.25, 0.3) is 0 Å². The van der Waals surface area contributed by atoms with Gasteiger partial charge in [0.1, 0.15) is 4.90 Å². The Morgan fingerprint density at radius 2 is 2.20 bits per heavy atom. The number of rotatable bonds is 5. The molecule has 0 unspecified atom stereocenters. The highest BCUT2D eigenvalue weighted by molar-refractivity contribution is 7.89. The van der Waals surface area contributed by atoms with Gasteiger partial charge in [-0.15, -0.1) is 11.3 Å². The minimum absolute atomic E-state index is 0.0487. The van der Waals surface area contributed by atoms with Gasteiger partial charge in [0.25, 0.3) is 5.69 Å². The number of nitro groups is 1. The van der Waals surface area contributed by atoms with E-state index in [1.165, 1.54) is 23.6 Å². The van der Waals surface area contributed by atoms with Gasteiger partial charge in [0, 0.05) is 29.8 Å². The molecule has 10 heteroatoms. The van der Waals surface area contributed by atoms with Crippen LogP contribution in [0.3, 0.4) is 0 Å². The van der Waals surface area contributed by atoms with E-state index < -0.39 is 14.9 Å². The van der Waals surface area contributed by atoms with Crippen LogP contribution in [0.5, 0.6) is 0 Å². The van der Waals surface area contributed by atoms with Gasteiger partial charge >= 0.3 is 0 Å². The molecule has 0 bridgehead atoms. The van der Waals surface area contributed by atoms with Gasteiger partial charge in [0.05, 0.1) is 16.1 Å². The fourth-order valence-corrected chi connectivity index (χ4v) is 3.22. The number of nitrogen functional groups attached to an aromatic ring is 1. The van der Waals surface area contributed by atoms with E-state index in [1.807, 2.05) is 0 Å². The number of hydrogen-bond acceptors (Lipinski definition) is 7. The molecule has 2 rings (SSSR count). The first-order chi connectivity index (χ1) is 9.40. The molecule has 0 spiro atoms. The summed E-state index contributed by atoms with van der Waals surface area (Å²) in [5.41, 5.74) is 6.76. The van der Waals surface area contributed by atoms with Gasteiger partial charge in [0.2, 0.25) is 10.0 Å². The molecule has 0 fully saturated rings. The third kappa shape index (κ3) is 3.10. The molecular formula is C10H10N4O4S2. The molecule has 1 aromatic heterocycles. The lowest BCUT2D eigenvalue weighted by Gasteiger charge is -2.08. The molecule has 1 heterocycles. The molecule has 3 N–H and O–H groups in total. The zero-order valence-electron chi connectivity index (χ0n) is 10.0. The molecule has 0 aliphatic heterocycles. The molecule has 0 saturated carbocycles. The molecule has 0 atom stereocenters. The topological polar surface area (TPSA) is 128 Å². The van der Waals surface area contributed by atoms with Crippen LogP contribution in [0.2, 0.25) is 0 Å². The number of nitrogens with two attached hydrogens (primary N) is 1. The first kappa shape index (κ1) is 14.4. The summed E-state index contributed by atoms with van der Waals surface area (Å²) in [7, 11) is -3.92. The number of nitrogens with one attached hydrogen (secondary N) is 1. The van der Waals surface area contributed by atoms with Crippen LogP contribution in [0.4, 0.5) is 11.4 Å². The summed E-state index contributed by atoms with van der Waals surface area (Å²) >= 11 is 1.29. The van der Waals surface area contributed by atoms with Gasteiger partial charge in [-0.1, -0.05) is 0 Å². The average Bonchev–Trinajstić information content (AvgIpc) is 2.89. The van der Waals surface area contributed by atoms with Crippen molar-refractivity contribution in [2.45, 2.75) is 11.4 Å². The lowest BCUT2D eigenvalue weighted by Crippen LogP contribution is -2.23. The van der Waals surface area contributed by atoms with E-state index in [-0.39, 0.29) is 22.8 Å². The number of thiazole rings is 1. The summed E-state index contributed by atoms with van der Waals surface area (Å²) < 4.78 is 26.5. The number of anilines is 1. The van der Waals surface area contributed by atoms with Gasteiger partial charge < -0.3 is 5.73 Å². The number of benzene rings is 1. The van der Waals surface area contributed by atoms with Crippen molar-refractivity contribution in [3.8, 4) is 0 Å². The van der Waals surface area contributed by atoms with Gasteiger partial charge in [-0.25, -0.2) is 13.1 Å². The molecule has 0 saturated heterocycles. The average molecular weight is 314 g/mol. The second kappa shape index (κ2) is 5.53. The third-order valence-corrected chi connectivity index (χ3v) is 4.65. The predicted molar refractivity (Wildman–Crippen MR) is 73.6 cm³/mol. The zero-order valence-corrected chi connectivity index (χ0v) is 11.6. The molecule has 8 nitrogen and oxygen atoms in total. The molecule has 106 valence electrons. The van der Waals surface area contributed by atoms with Gasteiger partial charge in [-0.05, 0) is 6.07 Å². The Morgan fingerprint density at radius 3 is 2.80 bits per heavy atom. The molecule has 0 radical (unpaired) electrons. The Morgan fingerprint density at radius 1 is 1.45 bits per heavy atom. The van der Waals surface area contributed by atoms with E-state index in [0.717, 1.165) is 17.0 Å². The van der Waals surface area contributed by atoms with Crippen molar-refractivity contribution in [1.82, 2.24) is 9.71 Å². The van der Waals surface area contributed by atoms with Crippen molar-refractivity contribution in [2.75, 3.05) is 5.73 Å². The summed E-state index contributed by atoms with van der Waals surface area (Å²) in [4.78, 5) is 14.2. The van der Waals surface area contributed by atoms with Crippen LogP contribution >= 0.6 is 11.3 Å². The molecule has 1 aromatic carbocycles. The van der Waals surface area contributed by atoms with Crippen molar-refractivity contribution >= 4 is 32.7 Å². The maximum Gasteiger partial charge on any atom is 0.270 e. The van der Waals surface area contributed by atoms with E-state index in [1.54, 1.807) is 5.51 Å². The number of sulfonamides is 1. The van der Waals surface area contributed by atoms with Crippen molar-refractivity contribution in [3.63, 3.8) is 0 Å². The van der Waals surface area contributed by atoms with Crippen molar-refractivity contribution in [1.29, 1.82) is 0 Å². The number of nitrogens with zero attached hydrogens (tertiary/aromatic N) is 2. The van der Waals surface area contributed by atoms with E-state index in [4.69, 9.17) is 5.73 Å². The molecule has 0 amide bonds. The third-order valence-electron chi connectivity index (χ3n) is 2.42. The van der Waals surface area contributed by atoms with Crippen LogP contribution in [-0.2, 0) is 16.6 Å². The summed E-state index contributed by atoms with van der Waals surface area (Å²) in [6.07, 6.45) is 1.53. The largest absolute Gasteiger partial charge is 0.398 e. The van der Waals surface area contributed by atoms with Crippen molar-refractivity contribution < 1.29 is 13.3 Å². The normalized spacial score (nSPS) is 11.4. The van der Waals surface area contributed by atoms with E-state index in [0.29, 0.717) is 0 Å². The first-order valence-electron chi connectivity index (χ1n) is 5.31. The quantitative estimate of drug-likeness (QED) is 0.483. The molecular weight excluding hydrogens is 304 g/mol. The lowest BCUT2D eigenvalue weighted by molar-refractivity contribution is -0.385. The molecule has 20 heavy (non-hydrogen) atoms. The summed E-state index contributed by atoms with van der Waals surface area (Å²) in [5.74, 6) is 0. The van der Waals surface area contributed by atoms with Gasteiger partial charge in [-0.2, -0.15) is 0 Å². The monoisotopic (exact) mass is 314 g/mol. The molecule has 0 aliphatic carbocycles. The summed E-state index contributed by atoms with van der Waals surface area (Å²) in [6, 6.07) is 3.28. The highest BCUT2D eigenvalue weighted by atomic mass is 32.2. The predicted octanol–water partition coefficient (Wildman–Crippen LogP) is 1.11. The van der Waals surface area contributed by atoms with Crippen LogP contribution in [0.1, 0.15) is 4.88 Å². The molecule has 2 aromatic rings. The number of nitro benzene ring substituents is 1. The zero-order chi connectivity index (χ0) is 14.8. The Bertz CT molecular complexity index is 728. The minimum Gasteiger partial charge on any atom is -0.398 e. The lowest BCUT2D eigenvalue weighted by atomic mass is 10.3. The second-order valence-electron chi connectivity index (χ2n) is 3.77. The fourth-order valence-electron chi connectivity index (χ4n) is 1.44. The van der Waals surface area contributed by atoms with E-state index in [9.17, 15) is 18.5 Å². The Labute approximate surface area is 118 Å². The van der Waals surface area contributed by atoms with Gasteiger partial charge in [0.15, 0.2) is 0 Å². The van der Waals surface area contributed by atoms with Crippen molar-refractivity contribution in [3.05, 3.63) is 44.9 Å². The maximum atomic E-state index is 12.1. The van der Waals surface area contributed by atoms with E-state index >= 15 is 0 Å². The number of hydrogen-bond donors (Lipinski definition) is 2. The van der Waals surface area contributed by atoms with Crippen molar-refractivity contribution in [2.24, 2.45) is 0 Å². The van der Waals surface area contributed by atoms with E-state index in [2.05, 4.69) is 9.71 Å². The van der Waals surface area contributed by atoms with Crippen LogP contribution in [-0.4, -0.2) is 18.3 Å². The standard InChI is InChI=1S/C10H10N4O4S2/c11-9-2-1-7(14(15)16)3-10(9)20(17,18)13-5-8-4-12-6-19-8/h1-4,6,13H,5,11H2. The Kier molecular flexibility index (Phi) is 3.97. The first-order valence-corrected chi connectivity index (χ1v) is 7.67. The minimum atomic E-state index is -3.92. The Balaban J connectivity index is 2.28. The summed E-state index contributed by atoms with van der Waals surface area (Å²) in [5, 5.41) is 10.7. The number of non-ortho nitro benzene ring substituents is 1. The smallest absolute Gasteiger partial charge is 0.270 e. The Hall–Kier alpha value is -2.04. The SMILES string of the molecule is Nc1ccc([N+](=O)[O-])cc1S(=O)(=O)NCc1cncs1. The second-order valence-corrected chi connectivity index (χ2v) is 6.48. The maximum absolute atomic E-state index is 12.1. The van der Waals surface area contributed by atoms with Gasteiger partial charge in [-0.3, -0.25) is 15.1 Å². The van der Waals surface area contributed by atoms with Crippen LogP contribution in [0, 0.1) is 10.1 Å². The highest BCUT2D eigenvalue weighted by Gasteiger charge is 2.21. The highest BCUT2D eigenvalue weighted by Crippen LogP contribution is 2.24. The fraction of sp³-hybridized carbons (Fsp3) is 0.100.